The van der Waals surface area contributed by atoms with Gasteiger partial charge >= 0.3 is 0 Å². The van der Waals surface area contributed by atoms with Crippen LogP contribution in [0.2, 0.25) is 0 Å². The third-order valence-electron chi connectivity index (χ3n) is 5.15. The van der Waals surface area contributed by atoms with Crippen LogP contribution < -0.4 is 4.57 Å². The molecule has 3 nitrogen and oxygen atoms in total. The largest absolute Gasteiger partial charge is 0.438 e. The van der Waals surface area contributed by atoms with Gasteiger partial charge in [-0.2, -0.15) is 0 Å². The zero-order chi connectivity index (χ0) is 18.4. The molecule has 5 rings (SSSR count). The van der Waals surface area contributed by atoms with Gasteiger partial charge in [-0.3, -0.25) is 0 Å². The molecule has 0 amide bonds. The van der Waals surface area contributed by atoms with Crippen LogP contribution in [0.1, 0.15) is 5.56 Å². The van der Waals surface area contributed by atoms with Crippen LogP contribution in [0, 0.1) is 6.92 Å². The van der Waals surface area contributed by atoms with Crippen LogP contribution in [-0.2, 0) is 7.05 Å². The minimum absolute atomic E-state index is 0.680. The molecule has 130 valence electrons. The van der Waals surface area contributed by atoms with Crippen molar-refractivity contribution in [1.82, 2.24) is 4.98 Å². The average Bonchev–Trinajstić information content (AvgIpc) is 3.07. The first kappa shape index (κ1) is 15.8. The molecule has 0 spiro atoms. The van der Waals surface area contributed by atoms with Crippen molar-refractivity contribution in [3.05, 3.63) is 84.7 Å². The highest BCUT2D eigenvalue weighted by atomic mass is 16.3. The van der Waals surface area contributed by atoms with Crippen LogP contribution >= 0.6 is 0 Å². The van der Waals surface area contributed by atoms with Gasteiger partial charge in [0.1, 0.15) is 12.6 Å². The molecule has 5 aromatic rings. The Balaban J connectivity index is 1.90. The van der Waals surface area contributed by atoms with E-state index in [-0.39, 0.29) is 0 Å². The highest BCUT2D eigenvalue weighted by molar-refractivity contribution is 6.12. The molecule has 0 aliphatic rings. The number of hydrogen-bond donors (Lipinski definition) is 0. The van der Waals surface area contributed by atoms with Crippen LogP contribution in [0.3, 0.4) is 0 Å². The predicted molar refractivity (Wildman–Crippen MR) is 108 cm³/mol. The van der Waals surface area contributed by atoms with Crippen LogP contribution in [0.15, 0.2) is 83.5 Å². The summed E-state index contributed by atoms with van der Waals surface area (Å²) in [5.74, 6) is 0. The quantitative estimate of drug-likeness (QED) is 0.396. The Labute approximate surface area is 157 Å². The lowest BCUT2D eigenvalue weighted by Gasteiger charge is -2.12. The van der Waals surface area contributed by atoms with E-state index in [0.717, 1.165) is 16.4 Å². The van der Waals surface area contributed by atoms with E-state index in [2.05, 4.69) is 84.3 Å². The van der Waals surface area contributed by atoms with E-state index in [1.807, 2.05) is 12.1 Å². The maximum Gasteiger partial charge on any atom is 0.227 e. The van der Waals surface area contributed by atoms with Gasteiger partial charge in [0.25, 0.3) is 0 Å². The van der Waals surface area contributed by atoms with Gasteiger partial charge in [-0.05, 0) is 47.9 Å². The minimum Gasteiger partial charge on any atom is -0.438 e. The Morgan fingerprint density at radius 1 is 0.852 bits per heavy atom. The molecule has 0 aliphatic carbocycles. The fraction of sp³-hybridized carbons (Fsp3) is 0.0833. The molecule has 2 aromatic carbocycles. The van der Waals surface area contributed by atoms with E-state index in [1.165, 1.54) is 27.9 Å². The summed E-state index contributed by atoms with van der Waals surface area (Å²) in [5, 5.41) is 2.17. The number of hydrogen-bond acceptors (Lipinski definition) is 2. The first-order valence-corrected chi connectivity index (χ1v) is 9.05. The molecular formula is C24H19N2O+. The van der Waals surface area contributed by atoms with Gasteiger partial charge < -0.3 is 4.42 Å². The van der Waals surface area contributed by atoms with E-state index < -0.39 is 0 Å². The molecule has 0 atom stereocenters. The maximum absolute atomic E-state index is 6.00. The summed E-state index contributed by atoms with van der Waals surface area (Å²) in [6.07, 6.45) is 3.86. The molecule has 3 heterocycles. The van der Waals surface area contributed by atoms with Crippen molar-refractivity contribution in [2.75, 3.05) is 0 Å². The van der Waals surface area contributed by atoms with Gasteiger partial charge in [-0.15, -0.1) is 0 Å². The highest BCUT2D eigenvalue weighted by Crippen LogP contribution is 2.40. The van der Waals surface area contributed by atoms with Crippen molar-refractivity contribution in [3.63, 3.8) is 0 Å². The molecule has 0 saturated heterocycles. The van der Waals surface area contributed by atoms with Gasteiger partial charge in [0, 0.05) is 29.1 Å². The Hall–Kier alpha value is -3.46. The Morgan fingerprint density at radius 3 is 2.59 bits per heavy atom. The molecule has 27 heavy (non-hydrogen) atoms. The van der Waals surface area contributed by atoms with E-state index in [1.54, 1.807) is 6.20 Å². The molecular weight excluding hydrogens is 332 g/mol. The third kappa shape index (κ3) is 2.43. The van der Waals surface area contributed by atoms with Crippen LogP contribution in [0.5, 0.6) is 0 Å². The number of rotatable bonds is 2. The maximum atomic E-state index is 6.00. The van der Waals surface area contributed by atoms with Crippen molar-refractivity contribution in [2.45, 2.75) is 6.92 Å². The average molecular weight is 351 g/mol. The van der Waals surface area contributed by atoms with E-state index in [0.29, 0.717) is 5.71 Å². The van der Waals surface area contributed by atoms with E-state index >= 15 is 0 Å². The van der Waals surface area contributed by atoms with Crippen molar-refractivity contribution < 1.29 is 8.98 Å². The van der Waals surface area contributed by atoms with E-state index in [9.17, 15) is 0 Å². The van der Waals surface area contributed by atoms with Gasteiger partial charge in [0.2, 0.25) is 11.4 Å². The fourth-order valence-corrected chi connectivity index (χ4v) is 3.90. The van der Waals surface area contributed by atoms with Crippen molar-refractivity contribution in [3.8, 4) is 22.4 Å². The number of furan rings is 1. The summed E-state index contributed by atoms with van der Waals surface area (Å²) < 4.78 is 8.17. The lowest BCUT2D eigenvalue weighted by atomic mass is 9.91. The Kier molecular flexibility index (Phi) is 3.54. The number of fused-ring (bicyclic) bond motifs is 3. The zero-order valence-corrected chi connectivity index (χ0v) is 15.3. The van der Waals surface area contributed by atoms with Crippen LogP contribution in [-0.4, -0.2) is 4.98 Å². The number of pyridine rings is 2. The first-order valence-electron chi connectivity index (χ1n) is 9.05. The van der Waals surface area contributed by atoms with Crippen molar-refractivity contribution in [1.29, 1.82) is 0 Å². The SMILES string of the molecule is Cc1cccc(-c2cccc3oc4ncccc4c23)c1-c1cccc[n+]1C. The van der Waals surface area contributed by atoms with Crippen LogP contribution in [0.25, 0.3) is 44.5 Å². The molecule has 0 radical (unpaired) electrons. The van der Waals surface area contributed by atoms with Gasteiger partial charge in [0.15, 0.2) is 6.20 Å². The molecule has 0 unspecified atom stereocenters. The smallest absolute Gasteiger partial charge is 0.227 e. The molecule has 0 N–H and O–H groups in total. The summed E-state index contributed by atoms with van der Waals surface area (Å²) in [7, 11) is 2.09. The van der Waals surface area contributed by atoms with Gasteiger partial charge in [-0.25, -0.2) is 9.55 Å². The van der Waals surface area contributed by atoms with Gasteiger partial charge in [0.05, 0.1) is 5.56 Å². The fourth-order valence-electron chi connectivity index (χ4n) is 3.90. The normalized spacial score (nSPS) is 11.3. The van der Waals surface area contributed by atoms with Crippen molar-refractivity contribution in [2.24, 2.45) is 7.05 Å². The van der Waals surface area contributed by atoms with Crippen molar-refractivity contribution >= 4 is 22.1 Å². The molecule has 3 aromatic heterocycles. The number of nitrogens with zero attached hydrogens (tertiary/aromatic N) is 2. The van der Waals surface area contributed by atoms with Gasteiger partial charge in [-0.1, -0.05) is 30.3 Å². The molecule has 3 heteroatoms. The summed E-state index contributed by atoms with van der Waals surface area (Å²) in [5.41, 5.74) is 7.60. The second-order valence-electron chi connectivity index (χ2n) is 6.83. The summed E-state index contributed by atoms with van der Waals surface area (Å²) in [6.45, 7) is 2.17. The molecule has 0 saturated carbocycles. The standard InChI is InChI=1S/C24H19N2O/c1-16-8-5-9-17(22(16)20-12-3-4-15-26(20)2)18-10-6-13-21-23(18)19-11-7-14-25-24(19)27-21/h3-15H,1-2H3/q+1. The topological polar surface area (TPSA) is 29.9 Å². The third-order valence-corrected chi connectivity index (χ3v) is 5.15. The lowest BCUT2D eigenvalue weighted by Crippen LogP contribution is -2.30. The first-order chi connectivity index (χ1) is 13.2. The highest BCUT2D eigenvalue weighted by Gasteiger charge is 2.20. The number of benzene rings is 2. The number of aromatic nitrogens is 2. The summed E-state index contributed by atoms with van der Waals surface area (Å²) in [6, 6.07) is 23.1. The molecule has 0 aliphatic heterocycles. The predicted octanol–water partition coefficient (Wildman–Crippen LogP) is 5.45. The Morgan fingerprint density at radius 2 is 1.70 bits per heavy atom. The second kappa shape index (κ2) is 6.06. The lowest BCUT2D eigenvalue weighted by molar-refractivity contribution is -0.660. The minimum atomic E-state index is 0.680. The Bertz CT molecular complexity index is 1300. The summed E-state index contributed by atoms with van der Waals surface area (Å²) >= 11 is 0. The molecule has 0 fully saturated rings. The monoisotopic (exact) mass is 351 g/mol. The second-order valence-corrected chi connectivity index (χ2v) is 6.83. The van der Waals surface area contributed by atoms with E-state index in [4.69, 9.17) is 4.42 Å². The van der Waals surface area contributed by atoms with Crippen LogP contribution in [0.4, 0.5) is 0 Å². The molecule has 0 bridgehead atoms. The zero-order valence-electron chi connectivity index (χ0n) is 15.3. The summed E-state index contributed by atoms with van der Waals surface area (Å²) in [4.78, 5) is 4.39. The number of aryl methyl sites for hydroxylation is 2.